The zero-order chi connectivity index (χ0) is 11.3. The molecule has 1 unspecified atom stereocenters. The number of hydrogen-bond donors (Lipinski definition) is 2. The van der Waals surface area contributed by atoms with Crippen LogP contribution in [0.4, 0.5) is 0 Å². The van der Waals surface area contributed by atoms with Crippen LogP contribution in [0, 0.1) is 5.92 Å². The summed E-state index contributed by atoms with van der Waals surface area (Å²) in [4.78, 5) is 11.5. The van der Waals surface area contributed by atoms with Crippen LogP contribution in [0.25, 0.3) is 0 Å². The van der Waals surface area contributed by atoms with E-state index in [2.05, 4.69) is 5.32 Å². The van der Waals surface area contributed by atoms with Crippen molar-refractivity contribution in [1.29, 1.82) is 0 Å². The highest BCUT2D eigenvalue weighted by atomic mass is 35.5. The molecule has 0 saturated carbocycles. The highest BCUT2D eigenvalue weighted by molar-refractivity contribution is 5.85. The number of benzene rings is 1. The summed E-state index contributed by atoms with van der Waals surface area (Å²) < 4.78 is 0. The molecule has 0 aromatic heterocycles. The second-order valence-corrected chi connectivity index (χ2v) is 3.97. The van der Waals surface area contributed by atoms with Crippen molar-refractivity contribution >= 4 is 18.3 Å². The highest BCUT2D eigenvalue weighted by Gasteiger charge is 2.16. The number of hydrogen-bond acceptors (Lipinski definition) is 2. The lowest BCUT2D eigenvalue weighted by molar-refractivity contribution is -0.123. The molecule has 1 aromatic carbocycles. The van der Waals surface area contributed by atoms with E-state index in [1.165, 1.54) is 0 Å². The molecule has 90 valence electrons. The maximum absolute atomic E-state index is 11.5. The number of carbonyl (C=O) groups excluding carboxylic acids is 1. The molecular formula is C12H19ClN2O. The first-order valence-corrected chi connectivity index (χ1v) is 5.18. The van der Waals surface area contributed by atoms with E-state index in [1.807, 2.05) is 44.2 Å². The first kappa shape index (κ1) is 14.9. The summed E-state index contributed by atoms with van der Waals surface area (Å²) in [6.45, 7) is 4.42. The standard InChI is InChI=1S/C12H18N2O.ClH/c1-9(2)11(13)12(15)14-8-10-6-4-3-5-7-10;/h3-7,9,11H,8,13H2,1-2H3,(H,14,15);1H. The Labute approximate surface area is 103 Å². The minimum atomic E-state index is -0.422. The van der Waals surface area contributed by atoms with Crippen molar-refractivity contribution < 1.29 is 4.79 Å². The largest absolute Gasteiger partial charge is 0.351 e. The fourth-order valence-corrected chi connectivity index (χ4v) is 1.21. The van der Waals surface area contributed by atoms with Crippen LogP contribution in [0.1, 0.15) is 19.4 Å². The van der Waals surface area contributed by atoms with Crippen molar-refractivity contribution in [1.82, 2.24) is 5.32 Å². The molecule has 16 heavy (non-hydrogen) atoms. The normalized spacial score (nSPS) is 11.8. The molecular weight excluding hydrogens is 224 g/mol. The molecule has 0 heterocycles. The maximum atomic E-state index is 11.5. The van der Waals surface area contributed by atoms with Crippen LogP contribution in [0.3, 0.4) is 0 Å². The van der Waals surface area contributed by atoms with Crippen LogP contribution in [-0.2, 0) is 11.3 Å². The Morgan fingerprint density at radius 3 is 2.38 bits per heavy atom. The van der Waals surface area contributed by atoms with E-state index in [9.17, 15) is 4.79 Å². The molecule has 0 radical (unpaired) electrons. The minimum Gasteiger partial charge on any atom is -0.351 e. The fraction of sp³-hybridized carbons (Fsp3) is 0.417. The molecule has 1 rings (SSSR count). The van der Waals surface area contributed by atoms with E-state index in [0.29, 0.717) is 6.54 Å². The second kappa shape index (κ2) is 7.25. The second-order valence-electron chi connectivity index (χ2n) is 3.97. The quantitative estimate of drug-likeness (QED) is 0.845. The Morgan fingerprint density at radius 2 is 1.88 bits per heavy atom. The van der Waals surface area contributed by atoms with Crippen LogP contribution >= 0.6 is 12.4 Å². The van der Waals surface area contributed by atoms with Gasteiger partial charge in [-0.15, -0.1) is 12.4 Å². The summed E-state index contributed by atoms with van der Waals surface area (Å²) in [6.07, 6.45) is 0. The molecule has 0 saturated heterocycles. The molecule has 0 aliphatic heterocycles. The lowest BCUT2D eigenvalue weighted by atomic mass is 10.0. The van der Waals surface area contributed by atoms with Crippen LogP contribution < -0.4 is 11.1 Å². The molecule has 0 aliphatic carbocycles. The summed E-state index contributed by atoms with van der Waals surface area (Å²) in [5, 5.41) is 2.82. The number of halogens is 1. The SMILES string of the molecule is CC(C)C(N)C(=O)NCc1ccccc1.Cl. The van der Waals surface area contributed by atoms with Crippen LogP contribution in [0.5, 0.6) is 0 Å². The molecule has 1 aromatic rings. The van der Waals surface area contributed by atoms with Gasteiger partial charge in [0.2, 0.25) is 5.91 Å². The van der Waals surface area contributed by atoms with Crippen molar-refractivity contribution in [3.63, 3.8) is 0 Å². The van der Waals surface area contributed by atoms with Gasteiger partial charge in [-0.25, -0.2) is 0 Å². The van der Waals surface area contributed by atoms with Crippen molar-refractivity contribution in [3.05, 3.63) is 35.9 Å². The fourth-order valence-electron chi connectivity index (χ4n) is 1.21. The summed E-state index contributed by atoms with van der Waals surface area (Å²) in [5.74, 6) is 0.0784. The van der Waals surface area contributed by atoms with Gasteiger partial charge < -0.3 is 11.1 Å². The van der Waals surface area contributed by atoms with E-state index >= 15 is 0 Å². The third kappa shape index (κ3) is 4.64. The average Bonchev–Trinajstić information content (AvgIpc) is 2.26. The Balaban J connectivity index is 0.00000225. The Morgan fingerprint density at radius 1 is 1.31 bits per heavy atom. The van der Waals surface area contributed by atoms with Gasteiger partial charge in [-0.1, -0.05) is 44.2 Å². The third-order valence-electron chi connectivity index (χ3n) is 2.33. The van der Waals surface area contributed by atoms with Gasteiger partial charge in [0.05, 0.1) is 6.04 Å². The first-order chi connectivity index (χ1) is 7.11. The van der Waals surface area contributed by atoms with Gasteiger partial charge in [-0.05, 0) is 11.5 Å². The molecule has 0 bridgehead atoms. The topological polar surface area (TPSA) is 55.1 Å². The number of nitrogens with two attached hydrogens (primary N) is 1. The smallest absolute Gasteiger partial charge is 0.237 e. The number of carbonyl (C=O) groups is 1. The zero-order valence-electron chi connectivity index (χ0n) is 9.64. The van der Waals surface area contributed by atoms with E-state index in [4.69, 9.17) is 5.73 Å². The van der Waals surface area contributed by atoms with Crippen LogP contribution in [0.2, 0.25) is 0 Å². The summed E-state index contributed by atoms with van der Waals surface area (Å²) in [7, 11) is 0. The summed E-state index contributed by atoms with van der Waals surface area (Å²) >= 11 is 0. The van der Waals surface area contributed by atoms with E-state index in [-0.39, 0.29) is 24.2 Å². The van der Waals surface area contributed by atoms with Gasteiger partial charge in [0.1, 0.15) is 0 Å². The van der Waals surface area contributed by atoms with Crippen molar-refractivity contribution in [2.24, 2.45) is 11.7 Å². The molecule has 1 atom stereocenters. The van der Waals surface area contributed by atoms with E-state index in [0.717, 1.165) is 5.56 Å². The van der Waals surface area contributed by atoms with Crippen LogP contribution in [0.15, 0.2) is 30.3 Å². The number of rotatable bonds is 4. The molecule has 3 N–H and O–H groups in total. The average molecular weight is 243 g/mol. The Kier molecular flexibility index (Phi) is 6.77. The third-order valence-corrected chi connectivity index (χ3v) is 2.33. The molecule has 0 spiro atoms. The predicted molar refractivity (Wildman–Crippen MR) is 68.4 cm³/mol. The zero-order valence-corrected chi connectivity index (χ0v) is 10.5. The van der Waals surface area contributed by atoms with Crippen molar-refractivity contribution in [2.75, 3.05) is 0 Å². The first-order valence-electron chi connectivity index (χ1n) is 5.18. The van der Waals surface area contributed by atoms with E-state index < -0.39 is 6.04 Å². The van der Waals surface area contributed by atoms with Gasteiger partial charge >= 0.3 is 0 Å². The lowest BCUT2D eigenvalue weighted by Gasteiger charge is -2.15. The predicted octanol–water partition coefficient (Wildman–Crippen LogP) is 1.71. The Hall–Kier alpha value is -1.06. The maximum Gasteiger partial charge on any atom is 0.237 e. The van der Waals surface area contributed by atoms with E-state index in [1.54, 1.807) is 0 Å². The van der Waals surface area contributed by atoms with Crippen LogP contribution in [-0.4, -0.2) is 11.9 Å². The van der Waals surface area contributed by atoms with Gasteiger partial charge in [0, 0.05) is 6.54 Å². The molecule has 3 nitrogen and oxygen atoms in total. The molecule has 0 aliphatic rings. The van der Waals surface area contributed by atoms with Crippen molar-refractivity contribution in [3.8, 4) is 0 Å². The highest BCUT2D eigenvalue weighted by Crippen LogP contribution is 2.00. The summed E-state index contributed by atoms with van der Waals surface area (Å²) in [6, 6.07) is 9.37. The number of nitrogens with one attached hydrogen (secondary N) is 1. The van der Waals surface area contributed by atoms with Gasteiger partial charge in [0.15, 0.2) is 0 Å². The summed E-state index contributed by atoms with van der Waals surface area (Å²) in [5.41, 5.74) is 6.80. The Bertz CT molecular complexity index is 314. The van der Waals surface area contributed by atoms with Gasteiger partial charge in [-0.3, -0.25) is 4.79 Å². The number of amides is 1. The molecule has 4 heteroatoms. The molecule has 1 amide bonds. The minimum absolute atomic E-state index is 0. The van der Waals surface area contributed by atoms with Gasteiger partial charge in [-0.2, -0.15) is 0 Å². The molecule has 0 fully saturated rings. The van der Waals surface area contributed by atoms with Gasteiger partial charge in [0.25, 0.3) is 0 Å². The lowest BCUT2D eigenvalue weighted by Crippen LogP contribution is -2.43. The van der Waals surface area contributed by atoms with Crippen molar-refractivity contribution in [2.45, 2.75) is 26.4 Å². The monoisotopic (exact) mass is 242 g/mol.